The van der Waals surface area contributed by atoms with E-state index in [2.05, 4.69) is 19.1 Å². The molecular weight excluding hydrogens is 444 g/mol. The lowest BCUT2D eigenvalue weighted by Crippen LogP contribution is -2.12. The number of aryl methyl sites for hydroxylation is 1. The van der Waals surface area contributed by atoms with Crippen molar-refractivity contribution in [2.75, 3.05) is 0 Å². The molecule has 2 aromatic carbocycles. The Morgan fingerprint density at radius 1 is 0.853 bits per heavy atom. The van der Waals surface area contributed by atoms with E-state index >= 15 is 0 Å². The Balaban J connectivity index is 1.59. The Morgan fingerprint density at radius 3 is 2.00 bits per heavy atom. The van der Waals surface area contributed by atoms with Crippen molar-refractivity contribution in [2.45, 2.75) is 96.1 Å². The third kappa shape index (κ3) is 11.9. The fraction of sp³-hybridized carbons (Fsp3) is 0.500. The smallest absolute Gasteiger partial charge is 0.217 e. The molecule has 0 amide bonds. The molecule has 0 heterocycles. The van der Waals surface area contributed by atoms with Crippen molar-refractivity contribution in [3.05, 3.63) is 77.4 Å². The van der Waals surface area contributed by atoms with E-state index in [4.69, 9.17) is 16.3 Å². The van der Waals surface area contributed by atoms with Crippen LogP contribution in [0.1, 0.15) is 99.0 Å². The summed E-state index contributed by atoms with van der Waals surface area (Å²) in [6, 6.07) is 15.2. The summed E-state index contributed by atoms with van der Waals surface area (Å²) < 4.78 is 5.53. The highest BCUT2D eigenvalue weighted by Crippen LogP contribution is 2.17. The summed E-state index contributed by atoms with van der Waals surface area (Å²) in [5, 5.41) is 10.1. The summed E-state index contributed by atoms with van der Waals surface area (Å²) in [4.78, 5) is 12.2. The third-order valence-corrected chi connectivity index (χ3v) is 6.34. The van der Waals surface area contributed by atoms with Gasteiger partial charge in [-0.25, -0.2) is 0 Å². The molecule has 0 fully saturated rings. The van der Waals surface area contributed by atoms with Gasteiger partial charge in [-0.15, -0.1) is 11.6 Å². The van der Waals surface area contributed by atoms with Crippen LogP contribution < -0.4 is 4.74 Å². The number of ether oxygens (including phenoxy) is 1. The first-order valence-electron chi connectivity index (χ1n) is 12.9. The zero-order valence-electron chi connectivity index (χ0n) is 20.7. The highest BCUT2D eigenvalue weighted by molar-refractivity contribution is 6.17. The summed E-state index contributed by atoms with van der Waals surface area (Å²) in [6.07, 6.45) is 16.8. The van der Waals surface area contributed by atoms with Gasteiger partial charge in [-0.2, -0.15) is 0 Å². The van der Waals surface area contributed by atoms with Crippen LogP contribution >= 0.6 is 11.6 Å². The van der Waals surface area contributed by atoms with Crippen molar-refractivity contribution < 1.29 is 14.6 Å². The van der Waals surface area contributed by atoms with Crippen molar-refractivity contribution in [3.63, 3.8) is 0 Å². The average molecular weight is 485 g/mol. The normalized spacial score (nSPS) is 12.2. The van der Waals surface area contributed by atoms with Crippen molar-refractivity contribution in [1.82, 2.24) is 0 Å². The summed E-state index contributed by atoms with van der Waals surface area (Å²) in [6.45, 7) is 2.26. The van der Waals surface area contributed by atoms with Gasteiger partial charge in [0.2, 0.25) is 6.29 Å². The number of allylic oxidation sites excluding steroid dienone is 1. The van der Waals surface area contributed by atoms with Gasteiger partial charge < -0.3 is 9.84 Å². The van der Waals surface area contributed by atoms with Crippen LogP contribution in [0.4, 0.5) is 0 Å². The van der Waals surface area contributed by atoms with Crippen molar-refractivity contribution in [3.8, 4) is 5.75 Å². The number of benzene rings is 2. The minimum absolute atomic E-state index is 0.0131. The summed E-state index contributed by atoms with van der Waals surface area (Å²) in [7, 11) is 0. The quantitative estimate of drug-likeness (QED) is 0.0759. The lowest BCUT2D eigenvalue weighted by atomic mass is 10.0. The van der Waals surface area contributed by atoms with Crippen LogP contribution in [0.2, 0.25) is 0 Å². The van der Waals surface area contributed by atoms with E-state index in [1.165, 1.54) is 75.8 Å². The van der Waals surface area contributed by atoms with E-state index in [0.29, 0.717) is 17.2 Å². The van der Waals surface area contributed by atoms with Crippen molar-refractivity contribution >= 4 is 17.4 Å². The molecule has 2 rings (SSSR count). The van der Waals surface area contributed by atoms with Crippen LogP contribution in [0.5, 0.6) is 5.75 Å². The van der Waals surface area contributed by atoms with Crippen LogP contribution in [-0.2, 0) is 12.3 Å². The van der Waals surface area contributed by atoms with Gasteiger partial charge in [-0.05, 0) is 42.2 Å². The molecule has 1 atom stereocenters. The standard InChI is InChI=1S/C30H41ClO3/c1-2-3-4-5-6-7-8-9-10-11-13-25-18-22-28(23-19-25)34-30(33)15-12-14-29(32)27-20-16-26(24-31)17-21-27/h12,15-23,30,33H,2-11,13-14,24H2,1H3. The summed E-state index contributed by atoms with van der Waals surface area (Å²) in [5.41, 5.74) is 2.90. The zero-order valence-corrected chi connectivity index (χ0v) is 21.4. The summed E-state index contributed by atoms with van der Waals surface area (Å²) >= 11 is 5.77. The van der Waals surface area contributed by atoms with E-state index < -0.39 is 6.29 Å². The third-order valence-electron chi connectivity index (χ3n) is 6.03. The van der Waals surface area contributed by atoms with E-state index in [0.717, 1.165) is 12.0 Å². The molecule has 0 bridgehead atoms. The zero-order chi connectivity index (χ0) is 24.4. The largest absolute Gasteiger partial charge is 0.461 e. The van der Waals surface area contributed by atoms with Gasteiger partial charge in [0.05, 0.1) is 0 Å². The number of Topliss-reactive ketones (excluding diaryl/α,β-unsaturated/α-hetero) is 1. The number of alkyl halides is 1. The Hall–Kier alpha value is -2.10. The second-order valence-electron chi connectivity index (χ2n) is 8.97. The molecule has 0 saturated heterocycles. The maximum Gasteiger partial charge on any atom is 0.217 e. The monoisotopic (exact) mass is 484 g/mol. The Kier molecular flexibility index (Phi) is 14.4. The first kappa shape index (κ1) is 28.1. The molecule has 0 aliphatic rings. The molecule has 34 heavy (non-hydrogen) atoms. The predicted octanol–water partition coefficient (Wildman–Crippen LogP) is 8.42. The second-order valence-corrected chi connectivity index (χ2v) is 9.24. The van der Waals surface area contributed by atoms with Crippen molar-refractivity contribution in [2.24, 2.45) is 0 Å². The highest BCUT2D eigenvalue weighted by Gasteiger charge is 2.06. The maximum atomic E-state index is 12.2. The van der Waals surface area contributed by atoms with Gasteiger partial charge in [0.15, 0.2) is 5.78 Å². The van der Waals surface area contributed by atoms with E-state index in [9.17, 15) is 9.90 Å². The molecule has 4 heteroatoms. The average Bonchev–Trinajstić information content (AvgIpc) is 2.86. The van der Waals surface area contributed by atoms with Gasteiger partial charge in [-0.1, -0.05) is 107 Å². The first-order chi connectivity index (χ1) is 16.6. The minimum Gasteiger partial charge on any atom is -0.461 e. The lowest BCUT2D eigenvalue weighted by Gasteiger charge is -2.10. The number of hydrogen-bond donors (Lipinski definition) is 1. The fourth-order valence-corrected chi connectivity index (χ4v) is 4.10. The van der Waals surface area contributed by atoms with E-state index in [-0.39, 0.29) is 12.2 Å². The van der Waals surface area contributed by atoms with Gasteiger partial charge in [0.25, 0.3) is 0 Å². The van der Waals surface area contributed by atoms with Crippen molar-refractivity contribution in [1.29, 1.82) is 0 Å². The maximum absolute atomic E-state index is 12.2. The number of carbonyl (C=O) groups excluding carboxylic acids is 1. The van der Waals surface area contributed by atoms with E-state index in [1.807, 2.05) is 24.3 Å². The Morgan fingerprint density at radius 2 is 1.41 bits per heavy atom. The number of ketones is 1. The fourth-order valence-electron chi connectivity index (χ4n) is 3.92. The molecule has 0 saturated carbocycles. The van der Waals surface area contributed by atoms with Crippen LogP contribution in [0.25, 0.3) is 0 Å². The van der Waals surface area contributed by atoms with Crippen LogP contribution in [0.15, 0.2) is 60.7 Å². The van der Waals surface area contributed by atoms with Crippen LogP contribution in [0.3, 0.4) is 0 Å². The molecule has 0 radical (unpaired) electrons. The Bertz CT molecular complexity index is 827. The SMILES string of the molecule is CCCCCCCCCCCCc1ccc(OC(O)C=CCC(=O)c2ccc(CCl)cc2)cc1. The number of halogens is 1. The molecule has 1 N–H and O–H groups in total. The Labute approximate surface area is 211 Å². The first-order valence-corrected chi connectivity index (χ1v) is 13.4. The molecule has 2 aromatic rings. The van der Waals surface area contributed by atoms with Gasteiger partial charge in [0.1, 0.15) is 5.75 Å². The van der Waals surface area contributed by atoms with Crippen LogP contribution in [-0.4, -0.2) is 17.2 Å². The number of unbranched alkanes of at least 4 members (excludes halogenated alkanes) is 9. The molecule has 0 aromatic heterocycles. The van der Waals surface area contributed by atoms with Gasteiger partial charge in [-0.3, -0.25) is 4.79 Å². The molecule has 3 nitrogen and oxygen atoms in total. The molecular formula is C30H41ClO3. The second kappa shape index (κ2) is 17.4. The number of carbonyl (C=O) groups is 1. The summed E-state index contributed by atoms with van der Waals surface area (Å²) in [5.74, 6) is 1.03. The number of aliphatic hydroxyl groups is 1. The highest BCUT2D eigenvalue weighted by atomic mass is 35.5. The van der Waals surface area contributed by atoms with E-state index in [1.54, 1.807) is 18.2 Å². The molecule has 0 aliphatic carbocycles. The molecule has 186 valence electrons. The lowest BCUT2D eigenvalue weighted by molar-refractivity contribution is 0.0246. The number of rotatable bonds is 18. The molecule has 0 aliphatic heterocycles. The van der Waals surface area contributed by atoms with Crippen LogP contribution in [0, 0.1) is 0 Å². The number of aliphatic hydroxyl groups excluding tert-OH is 1. The number of hydrogen-bond acceptors (Lipinski definition) is 3. The van der Waals surface area contributed by atoms with Gasteiger partial charge in [0, 0.05) is 17.9 Å². The predicted molar refractivity (Wildman–Crippen MR) is 143 cm³/mol. The minimum atomic E-state index is -1.08. The topological polar surface area (TPSA) is 46.5 Å². The molecule has 0 spiro atoms. The van der Waals surface area contributed by atoms with Gasteiger partial charge >= 0.3 is 0 Å². The molecule has 1 unspecified atom stereocenters.